The van der Waals surface area contributed by atoms with E-state index in [1.807, 2.05) is 6.07 Å². The van der Waals surface area contributed by atoms with E-state index in [1.54, 1.807) is 13.8 Å². The topological polar surface area (TPSA) is 80.9 Å². The zero-order valence-corrected chi connectivity index (χ0v) is 11.9. The normalized spacial score (nSPS) is 10.6. The first-order valence-corrected chi connectivity index (χ1v) is 6.63. The molecule has 20 heavy (non-hydrogen) atoms. The number of hydrogen-bond donors (Lipinski definition) is 1. The first-order valence-electron chi connectivity index (χ1n) is 6.63. The maximum atomic E-state index is 12.0. The third kappa shape index (κ3) is 3.40. The van der Waals surface area contributed by atoms with Crippen LogP contribution in [-0.4, -0.2) is 21.0 Å². The van der Waals surface area contributed by atoms with Crippen molar-refractivity contribution in [2.24, 2.45) is 0 Å². The van der Waals surface area contributed by atoms with Gasteiger partial charge in [-0.15, -0.1) is 0 Å². The third-order valence-corrected chi connectivity index (χ3v) is 2.88. The van der Waals surface area contributed by atoms with Crippen LogP contribution in [0, 0.1) is 13.8 Å². The Morgan fingerprint density at radius 3 is 2.90 bits per heavy atom. The Morgan fingerprint density at radius 2 is 2.20 bits per heavy atom. The molecular formula is C14H18N4O2. The predicted molar refractivity (Wildman–Crippen MR) is 73.2 cm³/mol. The van der Waals surface area contributed by atoms with Crippen molar-refractivity contribution in [2.75, 3.05) is 0 Å². The monoisotopic (exact) mass is 274 g/mol. The smallest absolute Gasteiger partial charge is 0.255 e. The zero-order valence-electron chi connectivity index (χ0n) is 11.9. The van der Waals surface area contributed by atoms with E-state index in [0.717, 1.165) is 18.5 Å². The molecule has 0 saturated carbocycles. The molecule has 6 heteroatoms. The minimum Gasteiger partial charge on any atom is -0.359 e. The summed E-state index contributed by atoms with van der Waals surface area (Å²) in [5.41, 5.74) is 2.05. The Labute approximate surface area is 117 Å². The summed E-state index contributed by atoms with van der Waals surface area (Å²) in [6.07, 6.45) is 3.43. The molecule has 0 spiro atoms. The van der Waals surface area contributed by atoms with Crippen LogP contribution in [0.15, 0.2) is 16.8 Å². The van der Waals surface area contributed by atoms with Crippen LogP contribution in [0.2, 0.25) is 0 Å². The molecule has 0 fully saturated rings. The van der Waals surface area contributed by atoms with Crippen molar-refractivity contribution in [2.45, 2.75) is 40.2 Å². The molecule has 0 aliphatic rings. The van der Waals surface area contributed by atoms with Crippen LogP contribution in [0.25, 0.3) is 0 Å². The van der Waals surface area contributed by atoms with Crippen LogP contribution in [-0.2, 0) is 13.0 Å². The van der Waals surface area contributed by atoms with Crippen LogP contribution in [0.1, 0.15) is 46.7 Å². The highest BCUT2D eigenvalue weighted by Gasteiger charge is 2.12. The van der Waals surface area contributed by atoms with E-state index >= 15 is 0 Å². The molecule has 0 radical (unpaired) electrons. The van der Waals surface area contributed by atoms with Crippen molar-refractivity contribution in [3.8, 4) is 0 Å². The number of nitrogens with one attached hydrogen (secondary N) is 1. The number of carbonyl (C=O) groups is 1. The van der Waals surface area contributed by atoms with Crippen LogP contribution >= 0.6 is 0 Å². The first-order chi connectivity index (χ1) is 9.60. The van der Waals surface area contributed by atoms with E-state index < -0.39 is 0 Å². The Hall–Kier alpha value is -2.24. The largest absolute Gasteiger partial charge is 0.359 e. The molecule has 2 heterocycles. The summed E-state index contributed by atoms with van der Waals surface area (Å²) in [4.78, 5) is 20.2. The number of hydrogen-bond acceptors (Lipinski definition) is 5. The minimum atomic E-state index is -0.212. The molecule has 0 saturated heterocycles. The molecule has 0 bridgehead atoms. The fourth-order valence-corrected chi connectivity index (χ4v) is 1.88. The van der Waals surface area contributed by atoms with Gasteiger partial charge in [0.05, 0.1) is 23.5 Å². The maximum absolute atomic E-state index is 12.0. The van der Waals surface area contributed by atoms with Crippen molar-refractivity contribution in [3.63, 3.8) is 0 Å². The fourth-order valence-electron chi connectivity index (χ4n) is 1.88. The molecule has 0 aromatic carbocycles. The van der Waals surface area contributed by atoms with Gasteiger partial charge >= 0.3 is 0 Å². The molecule has 6 nitrogen and oxygen atoms in total. The van der Waals surface area contributed by atoms with E-state index in [0.29, 0.717) is 29.4 Å². The molecule has 2 rings (SSSR count). The van der Waals surface area contributed by atoms with Gasteiger partial charge in [0.1, 0.15) is 5.82 Å². The number of aromatic nitrogens is 3. The molecule has 0 unspecified atom stereocenters. The molecule has 0 aliphatic heterocycles. The third-order valence-electron chi connectivity index (χ3n) is 2.88. The summed E-state index contributed by atoms with van der Waals surface area (Å²) in [6.45, 7) is 5.97. The summed E-state index contributed by atoms with van der Waals surface area (Å²) in [6, 6.07) is 1.86. The zero-order chi connectivity index (χ0) is 14.5. The SMILES string of the molecule is CCCc1cc(CNC(=O)c2cnc(C)nc2C)on1. The summed E-state index contributed by atoms with van der Waals surface area (Å²) in [5.74, 6) is 1.09. The van der Waals surface area contributed by atoms with E-state index in [1.165, 1.54) is 6.20 Å². The number of aryl methyl sites for hydroxylation is 3. The molecule has 0 aliphatic carbocycles. The van der Waals surface area contributed by atoms with Gasteiger partial charge in [-0.3, -0.25) is 4.79 Å². The van der Waals surface area contributed by atoms with Crippen molar-refractivity contribution in [1.82, 2.24) is 20.4 Å². The lowest BCUT2D eigenvalue weighted by atomic mass is 10.2. The van der Waals surface area contributed by atoms with E-state index in [-0.39, 0.29) is 5.91 Å². The highest BCUT2D eigenvalue weighted by Crippen LogP contribution is 2.07. The second kappa shape index (κ2) is 6.27. The van der Waals surface area contributed by atoms with Gasteiger partial charge in [-0.1, -0.05) is 18.5 Å². The minimum absolute atomic E-state index is 0.212. The van der Waals surface area contributed by atoms with Crippen LogP contribution in [0.3, 0.4) is 0 Å². The Bertz CT molecular complexity index is 607. The molecule has 2 aromatic heterocycles. The van der Waals surface area contributed by atoms with Crippen molar-refractivity contribution >= 4 is 5.91 Å². The maximum Gasteiger partial charge on any atom is 0.255 e. The van der Waals surface area contributed by atoms with E-state index in [9.17, 15) is 4.79 Å². The van der Waals surface area contributed by atoms with Crippen LogP contribution in [0.5, 0.6) is 0 Å². The highest BCUT2D eigenvalue weighted by molar-refractivity contribution is 5.94. The average molecular weight is 274 g/mol. The second-order valence-electron chi connectivity index (χ2n) is 4.63. The van der Waals surface area contributed by atoms with Gasteiger partial charge in [-0.05, 0) is 20.3 Å². The van der Waals surface area contributed by atoms with Gasteiger partial charge in [-0.2, -0.15) is 0 Å². The first kappa shape index (κ1) is 14.2. The lowest BCUT2D eigenvalue weighted by Crippen LogP contribution is -2.24. The molecule has 106 valence electrons. The summed E-state index contributed by atoms with van der Waals surface area (Å²) in [5, 5.41) is 6.71. The van der Waals surface area contributed by atoms with Gasteiger partial charge in [0.15, 0.2) is 5.76 Å². The van der Waals surface area contributed by atoms with Gasteiger partial charge in [0.2, 0.25) is 0 Å². The van der Waals surface area contributed by atoms with Crippen molar-refractivity contribution in [3.05, 3.63) is 40.8 Å². The lowest BCUT2D eigenvalue weighted by molar-refractivity contribution is 0.0945. The summed E-state index contributed by atoms with van der Waals surface area (Å²) < 4.78 is 5.16. The van der Waals surface area contributed by atoms with Crippen LogP contribution in [0.4, 0.5) is 0 Å². The average Bonchev–Trinajstić information content (AvgIpc) is 2.84. The number of amides is 1. The van der Waals surface area contributed by atoms with E-state index in [4.69, 9.17) is 4.52 Å². The van der Waals surface area contributed by atoms with Gasteiger partial charge < -0.3 is 9.84 Å². The molecule has 1 N–H and O–H groups in total. The number of nitrogens with zero attached hydrogens (tertiary/aromatic N) is 3. The molecule has 0 atom stereocenters. The summed E-state index contributed by atoms with van der Waals surface area (Å²) >= 11 is 0. The van der Waals surface area contributed by atoms with Gasteiger partial charge in [-0.25, -0.2) is 9.97 Å². The number of carbonyl (C=O) groups excluding carboxylic acids is 1. The Morgan fingerprint density at radius 1 is 1.40 bits per heavy atom. The second-order valence-corrected chi connectivity index (χ2v) is 4.63. The van der Waals surface area contributed by atoms with Crippen LogP contribution < -0.4 is 5.32 Å². The van der Waals surface area contributed by atoms with Crippen molar-refractivity contribution < 1.29 is 9.32 Å². The summed E-state index contributed by atoms with van der Waals surface area (Å²) in [7, 11) is 0. The quantitative estimate of drug-likeness (QED) is 0.901. The Balaban J connectivity index is 1.97. The van der Waals surface area contributed by atoms with Gasteiger partial charge in [0.25, 0.3) is 5.91 Å². The number of rotatable bonds is 5. The predicted octanol–water partition coefficient (Wildman–Crippen LogP) is 1.96. The molecule has 1 amide bonds. The lowest BCUT2D eigenvalue weighted by Gasteiger charge is -2.05. The van der Waals surface area contributed by atoms with Crippen molar-refractivity contribution in [1.29, 1.82) is 0 Å². The Kier molecular flexibility index (Phi) is 4.45. The van der Waals surface area contributed by atoms with E-state index in [2.05, 4.69) is 27.4 Å². The highest BCUT2D eigenvalue weighted by atomic mass is 16.5. The van der Waals surface area contributed by atoms with Gasteiger partial charge in [0, 0.05) is 12.3 Å². The molecule has 2 aromatic rings. The standard InChI is InChI=1S/C14H18N4O2/c1-4-5-11-6-12(20-18-11)7-16-14(19)13-8-15-10(3)17-9(13)2/h6,8H,4-5,7H2,1-3H3,(H,16,19). The molecular weight excluding hydrogens is 256 g/mol. The fraction of sp³-hybridized carbons (Fsp3) is 0.429.